The number of carbonyl (C=O) groups excluding carboxylic acids is 2. The van der Waals surface area contributed by atoms with Gasteiger partial charge in [-0.3, -0.25) is 9.59 Å². The van der Waals surface area contributed by atoms with Crippen molar-refractivity contribution in [1.82, 2.24) is 14.8 Å². The highest BCUT2D eigenvalue weighted by molar-refractivity contribution is 5.95. The van der Waals surface area contributed by atoms with Gasteiger partial charge in [0.1, 0.15) is 5.76 Å². The second-order valence-electron chi connectivity index (χ2n) is 5.97. The first-order valence-corrected chi connectivity index (χ1v) is 7.76. The van der Waals surface area contributed by atoms with E-state index in [2.05, 4.69) is 9.88 Å². The number of nitrogens with one attached hydrogen (secondary N) is 1. The molecule has 0 spiro atoms. The number of nitrogens with zero attached hydrogens (tertiary/aromatic N) is 2. The fraction of sp³-hybridized carbons (Fsp3) is 0.412. The second-order valence-corrected chi connectivity index (χ2v) is 5.97. The van der Waals surface area contributed by atoms with Crippen molar-refractivity contribution in [2.75, 3.05) is 13.6 Å². The van der Waals surface area contributed by atoms with E-state index in [-0.39, 0.29) is 17.7 Å². The van der Waals surface area contributed by atoms with Crippen LogP contribution in [0.2, 0.25) is 0 Å². The summed E-state index contributed by atoms with van der Waals surface area (Å²) < 4.78 is 7.38. The van der Waals surface area contributed by atoms with Gasteiger partial charge in [0.15, 0.2) is 0 Å². The predicted octanol–water partition coefficient (Wildman–Crippen LogP) is 1.80. The van der Waals surface area contributed by atoms with Crippen molar-refractivity contribution in [2.24, 2.45) is 5.92 Å². The number of hydrogen-bond donors (Lipinski definition) is 1. The Balaban J connectivity index is 1.86. The summed E-state index contributed by atoms with van der Waals surface area (Å²) in [5, 5.41) is 2.66. The maximum absolute atomic E-state index is 12.8. The Morgan fingerprint density at radius 3 is 2.87 bits per heavy atom. The molecule has 3 rings (SSSR count). The Kier molecular flexibility index (Phi) is 4.23. The third kappa shape index (κ3) is 3.16. The Bertz CT molecular complexity index is 716. The van der Waals surface area contributed by atoms with Crippen LogP contribution in [-0.2, 0) is 17.9 Å². The largest absolute Gasteiger partial charge is 0.469 e. The van der Waals surface area contributed by atoms with Crippen molar-refractivity contribution >= 4 is 11.8 Å². The first kappa shape index (κ1) is 15.4. The van der Waals surface area contributed by atoms with Crippen molar-refractivity contribution < 1.29 is 14.0 Å². The van der Waals surface area contributed by atoms with Crippen LogP contribution >= 0.6 is 0 Å². The summed E-state index contributed by atoms with van der Waals surface area (Å²) in [5.41, 5.74) is 1.67. The van der Waals surface area contributed by atoms with E-state index >= 15 is 0 Å². The van der Waals surface area contributed by atoms with E-state index in [4.69, 9.17) is 4.42 Å². The lowest BCUT2D eigenvalue weighted by Crippen LogP contribution is -2.35. The molecule has 1 N–H and O–H groups in total. The lowest BCUT2D eigenvalue weighted by atomic mass is 10.0. The molecule has 2 aromatic heterocycles. The summed E-state index contributed by atoms with van der Waals surface area (Å²) in [6.07, 6.45) is 3.94. The van der Waals surface area contributed by atoms with E-state index in [1.807, 2.05) is 23.2 Å². The third-order valence-corrected chi connectivity index (χ3v) is 4.34. The lowest BCUT2D eigenvalue weighted by molar-refractivity contribution is -0.121. The zero-order valence-corrected chi connectivity index (χ0v) is 13.4. The van der Waals surface area contributed by atoms with Gasteiger partial charge in [-0.05, 0) is 25.1 Å². The molecule has 2 amide bonds. The first-order valence-electron chi connectivity index (χ1n) is 7.76. The monoisotopic (exact) mass is 315 g/mol. The maximum atomic E-state index is 12.8. The van der Waals surface area contributed by atoms with Crippen molar-refractivity contribution in [2.45, 2.75) is 26.4 Å². The molecule has 2 aromatic rings. The van der Waals surface area contributed by atoms with Gasteiger partial charge < -0.3 is 19.2 Å². The van der Waals surface area contributed by atoms with Gasteiger partial charge in [-0.15, -0.1) is 0 Å². The molecule has 122 valence electrons. The molecular weight excluding hydrogens is 294 g/mol. The number of hydrogen-bond acceptors (Lipinski definition) is 3. The fourth-order valence-electron chi connectivity index (χ4n) is 3.10. The van der Waals surface area contributed by atoms with E-state index in [0.29, 0.717) is 30.8 Å². The molecule has 0 bridgehead atoms. The van der Waals surface area contributed by atoms with E-state index < -0.39 is 0 Å². The predicted molar refractivity (Wildman–Crippen MR) is 84.8 cm³/mol. The van der Waals surface area contributed by atoms with Crippen molar-refractivity contribution in [3.8, 4) is 0 Å². The first-order chi connectivity index (χ1) is 11.1. The average molecular weight is 315 g/mol. The van der Waals surface area contributed by atoms with Gasteiger partial charge in [-0.1, -0.05) is 0 Å². The minimum Gasteiger partial charge on any atom is -0.469 e. The van der Waals surface area contributed by atoms with E-state index in [1.165, 1.54) is 6.26 Å². The Hall–Kier alpha value is -2.50. The van der Waals surface area contributed by atoms with Crippen molar-refractivity contribution in [3.63, 3.8) is 0 Å². The quantitative estimate of drug-likeness (QED) is 0.939. The summed E-state index contributed by atoms with van der Waals surface area (Å²) in [6, 6.07) is 5.70. The zero-order chi connectivity index (χ0) is 16.4. The molecule has 0 aromatic carbocycles. The van der Waals surface area contributed by atoms with Crippen LogP contribution < -0.4 is 5.32 Å². The average Bonchev–Trinajstić information content (AvgIpc) is 3.11. The molecule has 0 aliphatic carbocycles. The lowest BCUT2D eigenvalue weighted by Gasteiger charge is -2.23. The molecule has 1 aliphatic rings. The summed E-state index contributed by atoms with van der Waals surface area (Å²) in [7, 11) is 1.64. The summed E-state index contributed by atoms with van der Waals surface area (Å²) in [5.74, 6) is 0.655. The molecule has 0 fully saturated rings. The molecule has 0 saturated carbocycles. The topological polar surface area (TPSA) is 67.5 Å². The minimum absolute atomic E-state index is 0.00232. The number of furan rings is 1. The van der Waals surface area contributed by atoms with Gasteiger partial charge >= 0.3 is 0 Å². The summed E-state index contributed by atoms with van der Waals surface area (Å²) >= 11 is 0. The third-order valence-electron chi connectivity index (χ3n) is 4.34. The highest BCUT2D eigenvalue weighted by atomic mass is 16.3. The number of fused-ring (bicyclic) bond motifs is 1. The van der Waals surface area contributed by atoms with Crippen LogP contribution in [0, 0.1) is 12.8 Å². The molecule has 3 heterocycles. The summed E-state index contributed by atoms with van der Waals surface area (Å²) in [6.45, 7) is 3.62. The maximum Gasteiger partial charge on any atom is 0.257 e. The van der Waals surface area contributed by atoms with Crippen molar-refractivity contribution in [1.29, 1.82) is 0 Å². The van der Waals surface area contributed by atoms with Gasteiger partial charge in [0.25, 0.3) is 5.91 Å². The molecule has 1 unspecified atom stereocenters. The smallest absolute Gasteiger partial charge is 0.257 e. The minimum atomic E-state index is -0.0483. The fourth-order valence-corrected chi connectivity index (χ4v) is 3.10. The molecule has 1 aliphatic heterocycles. The number of amides is 2. The van der Waals surface area contributed by atoms with Gasteiger partial charge in [0, 0.05) is 44.4 Å². The van der Waals surface area contributed by atoms with E-state index in [9.17, 15) is 9.59 Å². The molecule has 23 heavy (non-hydrogen) atoms. The van der Waals surface area contributed by atoms with Crippen LogP contribution in [0.1, 0.15) is 28.2 Å². The van der Waals surface area contributed by atoms with E-state index in [0.717, 1.165) is 12.2 Å². The Morgan fingerprint density at radius 2 is 2.17 bits per heavy atom. The van der Waals surface area contributed by atoms with Crippen LogP contribution in [0.3, 0.4) is 0 Å². The Labute approximate surface area is 135 Å². The van der Waals surface area contributed by atoms with Crippen LogP contribution in [-0.4, -0.2) is 34.9 Å². The van der Waals surface area contributed by atoms with Gasteiger partial charge in [0.2, 0.25) is 5.91 Å². The van der Waals surface area contributed by atoms with E-state index in [1.54, 1.807) is 20.0 Å². The number of rotatable bonds is 3. The molecule has 0 saturated heterocycles. The highest BCUT2D eigenvalue weighted by Gasteiger charge is 2.28. The normalized spacial score (nSPS) is 17.5. The summed E-state index contributed by atoms with van der Waals surface area (Å²) in [4.78, 5) is 26.4. The zero-order valence-electron chi connectivity index (χ0n) is 13.4. The molecule has 0 radical (unpaired) electrons. The molecule has 6 nitrogen and oxygen atoms in total. The number of carbonyl (C=O) groups is 2. The standard InChI is InChI=1S/C17H21N3O3/c1-12-15(5-7-23-12)17(22)20-10-13(8-16(21)18-2)9-19-6-3-4-14(19)11-20/h3-7,13H,8-11H2,1-2H3,(H,18,21). The van der Waals surface area contributed by atoms with Crippen LogP contribution in [0.25, 0.3) is 0 Å². The Morgan fingerprint density at radius 1 is 1.35 bits per heavy atom. The van der Waals surface area contributed by atoms with Gasteiger partial charge in [-0.2, -0.15) is 0 Å². The van der Waals surface area contributed by atoms with Gasteiger partial charge in [-0.25, -0.2) is 0 Å². The number of aromatic nitrogens is 1. The van der Waals surface area contributed by atoms with Crippen molar-refractivity contribution in [3.05, 3.63) is 47.7 Å². The molecule has 1 atom stereocenters. The molecule has 6 heteroatoms. The van der Waals surface area contributed by atoms with Crippen LogP contribution in [0.15, 0.2) is 35.1 Å². The van der Waals surface area contributed by atoms with Gasteiger partial charge in [0.05, 0.1) is 18.4 Å². The highest BCUT2D eigenvalue weighted by Crippen LogP contribution is 2.22. The SMILES string of the molecule is CNC(=O)CC1CN(C(=O)c2ccoc2C)Cc2cccn2C1. The second kappa shape index (κ2) is 6.32. The van der Waals surface area contributed by atoms with Crippen LogP contribution in [0.4, 0.5) is 0 Å². The number of aryl methyl sites for hydroxylation is 1. The molecular formula is C17H21N3O3. The van der Waals surface area contributed by atoms with Crippen LogP contribution in [0.5, 0.6) is 0 Å².